The van der Waals surface area contributed by atoms with E-state index < -0.39 is 0 Å². The Labute approximate surface area is 888 Å². The molecule has 0 unspecified atom stereocenters. The highest BCUT2D eigenvalue weighted by Gasteiger charge is 2.45. The summed E-state index contributed by atoms with van der Waals surface area (Å²) in [6.07, 6.45) is 33.3. The quantitative estimate of drug-likeness (QED) is 0.228. The molecule has 14 heterocycles. The van der Waals surface area contributed by atoms with Gasteiger partial charge in [-0.25, -0.2) is 0 Å². The number of hydrogen-bond donors (Lipinski definition) is 0. The minimum absolute atomic E-state index is 0.123. The van der Waals surface area contributed by atoms with Crippen molar-refractivity contribution >= 4 is 0 Å². The smallest absolute Gasteiger partial charge is 0.0649 e. The van der Waals surface area contributed by atoms with Gasteiger partial charge in [-0.15, -0.1) is 0 Å². The molecule has 0 aromatic carbocycles. The normalized spacial score (nSPS) is 34.2. The molecule has 14 saturated heterocycles. The molecule has 0 amide bonds. The summed E-state index contributed by atoms with van der Waals surface area (Å²) in [4.78, 5) is 0. The van der Waals surface area contributed by atoms with Crippen molar-refractivity contribution in [1.29, 1.82) is 0 Å². The van der Waals surface area contributed by atoms with Crippen molar-refractivity contribution in [3.63, 3.8) is 0 Å². The van der Waals surface area contributed by atoms with Crippen LogP contribution < -0.4 is 0 Å². The van der Waals surface area contributed by atoms with Crippen molar-refractivity contribution in [3.8, 4) is 0 Å². The standard InChI is InChI=1S/2C10H20O.12C9H18O/c2*1-9(2,3)8-6-7-10(4,5)11-8;4*1-7-8(5-6-10-7)9(2,3)4;4*1-7-5-6-10-8(7)9(2,3)4;4*1-7-5-6-8(10-7)9(2,3)4/h2*8H,6-7H2,1-5H3;12*7-8H,5-6H2,1-4H3/t2*8-;2*7-,8+;2*7-,8-;2*7-,8+;2*7-,8-;2*7-,8+;2*7-,8-/m10101010101010/s1. The molecule has 14 heteroatoms. The van der Waals surface area contributed by atoms with Gasteiger partial charge in [-0.3, -0.25) is 0 Å². The second-order valence-corrected chi connectivity index (χ2v) is 63.1. The fourth-order valence-electron chi connectivity index (χ4n) is 23.6. The third kappa shape index (κ3) is 54.5. The van der Waals surface area contributed by atoms with Crippen LogP contribution in [-0.4, -0.2) is 174 Å². The van der Waals surface area contributed by atoms with Crippen LogP contribution in [0, 0.1) is 123 Å². The average molecular weight is 2020 g/mol. The Hall–Kier alpha value is -0.560. The van der Waals surface area contributed by atoms with Gasteiger partial charge in [-0.2, -0.15) is 0 Å². The van der Waals surface area contributed by atoms with Crippen LogP contribution in [-0.2, 0) is 66.3 Å². The Kier molecular flexibility index (Phi) is 57.8. The molecule has 14 fully saturated rings. The number of hydrogen-bond acceptors (Lipinski definition) is 14. The van der Waals surface area contributed by atoms with Gasteiger partial charge in [-0.1, -0.05) is 318 Å². The molecule has 14 nitrogen and oxygen atoms in total. The van der Waals surface area contributed by atoms with Gasteiger partial charge in [0.1, 0.15) is 0 Å². The van der Waals surface area contributed by atoms with Gasteiger partial charge < -0.3 is 66.3 Å². The molecule has 26 atom stereocenters. The molecular weight excluding hydrogens is 1760 g/mol. The third-order valence-electron chi connectivity index (χ3n) is 32.6. The van der Waals surface area contributed by atoms with Crippen LogP contribution in [0.5, 0.6) is 0 Å². The molecule has 0 aromatic heterocycles. The lowest BCUT2D eigenvalue weighted by molar-refractivity contribution is -0.0605. The Morgan fingerprint density at radius 2 is 0.317 bits per heavy atom. The molecule has 0 spiro atoms. The van der Waals surface area contributed by atoms with Crippen molar-refractivity contribution in [3.05, 3.63) is 0 Å². The van der Waals surface area contributed by atoms with Crippen molar-refractivity contribution in [2.75, 3.05) is 52.9 Å². The van der Waals surface area contributed by atoms with Gasteiger partial charge in [0.2, 0.25) is 0 Å². The van der Waals surface area contributed by atoms with Crippen LogP contribution in [0.15, 0.2) is 0 Å². The first-order valence-electron chi connectivity index (χ1n) is 58.7. The maximum Gasteiger partial charge on any atom is 0.0649 e. The summed E-state index contributed by atoms with van der Waals surface area (Å²) in [6, 6.07) is 0. The van der Waals surface area contributed by atoms with E-state index in [9.17, 15) is 0 Å². The van der Waals surface area contributed by atoms with Crippen LogP contribution in [0.4, 0.5) is 0 Å². The number of ether oxygens (including phenoxy) is 14. The maximum atomic E-state index is 5.91. The zero-order valence-corrected chi connectivity index (χ0v) is 107. The van der Waals surface area contributed by atoms with Gasteiger partial charge in [-0.05, 0) is 335 Å². The molecule has 852 valence electrons. The predicted octanol–water partition coefficient (Wildman–Crippen LogP) is 36.0. The highest BCUT2D eigenvalue weighted by molar-refractivity contribution is 4.94. The van der Waals surface area contributed by atoms with Crippen LogP contribution in [0.3, 0.4) is 0 Å². The van der Waals surface area contributed by atoms with Crippen LogP contribution in [0.1, 0.15) is 530 Å². The summed E-state index contributed by atoms with van der Waals surface area (Å²) in [7, 11) is 0. The SMILES string of the molecule is CC1(C)CC[C@@H](C(C)(C)C)O1.CC1(C)CC[C@H](C(C)(C)C)O1.C[C@@H]1CCO[C@@H]1C(C)(C)C.C[C@@H]1CCO[C@H]1C(C)(C)C.C[C@@H]1CC[C@@H](C(C)(C)C)O1.C[C@@H]1CC[C@H](C(C)(C)C)O1.C[C@@H]1OCC[C@@H]1C(C)(C)C.C[C@@H]1OCC[C@H]1C(C)(C)C.C[C@H]1CCO[C@@H]1C(C)(C)C.C[C@H]1CCO[C@H]1C(C)(C)C.C[C@H]1CC[C@@H](C(C)(C)C)O1.C[C@H]1CC[C@H](C(C)(C)C)O1.C[C@H]1OCC[C@@H]1C(C)(C)C.C[C@H]1OCC[C@H]1C(C)(C)C. The van der Waals surface area contributed by atoms with Crippen LogP contribution in [0.25, 0.3) is 0 Å². The van der Waals surface area contributed by atoms with Crippen LogP contribution >= 0.6 is 0 Å². The van der Waals surface area contributed by atoms with Gasteiger partial charge in [0.25, 0.3) is 0 Å². The van der Waals surface area contributed by atoms with Gasteiger partial charge in [0.15, 0.2) is 0 Å². The third-order valence-corrected chi connectivity index (χ3v) is 32.6. The zero-order valence-electron chi connectivity index (χ0n) is 107. The largest absolute Gasteiger partial charge is 0.378 e. The van der Waals surface area contributed by atoms with Gasteiger partial charge in [0, 0.05) is 52.9 Å². The summed E-state index contributed by atoms with van der Waals surface area (Å²) in [5, 5.41) is 0. The molecule has 0 aliphatic carbocycles. The molecule has 14 aliphatic heterocycles. The summed E-state index contributed by atoms with van der Waals surface area (Å²) >= 11 is 0. The summed E-state index contributed by atoms with van der Waals surface area (Å²) in [6.45, 7) is 138. The Balaban J connectivity index is 0.000000765. The van der Waals surface area contributed by atoms with E-state index in [-0.39, 0.29) is 11.2 Å². The van der Waals surface area contributed by atoms with Crippen molar-refractivity contribution in [2.45, 2.75) is 651 Å². The van der Waals surface area contributed by atoms with Crippen molar-refractivity contribution in [2.24, 2.45) is 123 Å². The van der Waals surface area contributed by atoms with E-state index in [1.807, 2.05) is 0 Å². The highest BCUT2D eigenvalue weighted by atomic mass is 16.5. The molecule has 14 rings (SSSR count). The van der Waals surface area contributed by atoms with E-state index in [0.29, 0.717) is 186 Å². The molecule has 14 aliphatic rings. The Bertz CT molecular complexity index is 2760. The topological polar surface area (TPSA) is 129 Å². The fraction of sp³-hybridized carbons (Fsp3) is 1.00. The van der Waals surface area contributed by atoms with Gasteiger partial charge in [0.05, 0.1) is 121 Å². The first-order valence-corrected chi connectivity index (χ1v) is 58.7. The average Bonchev–Trinajstić information content (AvgIpc) is 1.69. The first-order chi connectivity index (χ1) is 63.7. The lowest BCUT2D eigenvalue weighted by atomic mass is 9.77. The predicted molar refractivity (Wildman–Crippen MR) is 611 cm³/mol. The van der Waals surface area contributed by atoms with Gasteiger partial charge >= 0.3 is 0 Å². The van der Waals surface area contributed by atoms with Crippen molar-refractivity contribution in [1.82, 2.24) is 0 Å². The lowest BCUT2D eigenvalue weighted by Crippen LogP contribution is -2.29. The lowest BCUT2D eigenvalue weighted by Gasteiger charge is -2.29. The molecule has 0 N–H and O–H groups in total. The molecular formula is C128H256O14. The molecule has 0 bridgehead atoms. The molecule has 142 heavy (non-hydrogen) atoms. The molecule has 0 radical (unpaired) electrons. The fourth-order valence-corrected chi connectivity index (χ4v) is 23.6. The monoisotopic (exact) mass is 2020 g/mol. The molecule has 0 aromatic rings. The van der Waals surface area contributed by atoms with E-state index in [0.717, 1.165) is 100 Å². The Morgan fingerprint density at radius 1 is 0.162 bits per heavy atom. The zero-order chi connectivity index (χ0) is 111. The first kappa shape index (κ1) is 139. The second-order valence-electron chi connectivity index (χ2n) is 63.1. The Morgan fingerprint density at radius 3 is 0.373 bits per heavy atom. The molecule has 0 saturated carbocycles. The van der Waals surface area contributed by atoms with Crippen LogP contribution in [0.2, 0.25) is 0 Å². The van der Waals surface area contributed by atoms with E-state index in [2.05, 4.69) is 402 Å². The minimum Gasteiger partial charge on any atom is -0.378 e. The summed E-state index contributed by atoms with van der Waals surface area (Å²) < 4.78 is 79.2. The van der Waals surface area contributed by atoms with E-state index in [1.165, 1.54) is 128 Å². The minimum atomic E-state index is 0.123. The second kappa shape index (κ2) is 58.8. The maximum absolute atomic E-state index is 5.91. The summed E-state index contributed by atoms with van der Waals surface area (Å²) in [5.41, 5.74) is 5.25. The van der Waals surface area contributed by atoms with E-state index in [4.69, 9.17) is 66.3 Å². The highest BCUT2D eigenvalue weighted by Crippen LogP contribution is 2.47. The summed E-state index contributed by atoms with van der Waals surface area (Å²) in [5.74, 6) is 6.03. The van der Waals surface area contributed by atoms with Crippen molar-refractivity contribution < 1.29 is 66.3 Å². The number of rotatable bonds is 0. The van der Waals surface area contributed by atoms with E-state index in [1.54, 1.807) is 0 Å². The van der Waals surface area contributed by atoms with E-state index >= 15 is 0 Å².